The van der Waals surface area contributed by atoms with Gasteiger partial charge in [-0.05, 0) is 37.2 Å². The fraction of sp³-hybridized carbons (Fsp3) is 0.579. The minimum atomic E-state index is -0.398. The number of benzene rings is 1. The number of hydrogen-bond donors (Lipinski definition) is 1. The average molecular weight is 361 g/mol. The summed E-state index contributed by atoms with van der Waals surface area (Å²) in [5.41, 5.74) is 0.936. The molecular weight excluding hydrogens is 334 g/mol. The lowest BCUT2D eigenvalue weighted by Crippen LogP contribution is -2.46. The van der Waals surface area contributed by atoms with Crippen molar-refractivity contribution in [1.29, 1.82) is 0 Å². The molecule has 0 saturated carbocycles. The molecule has 1 atom stereocenters. The number of nitrogens with zero attached hydrogens (tertiary/aromatic N) is 2. The molecule has 0 bridgehead atoms. The van der Waals surface area contributed by atoms with E-state index in [-0.39, 0.29) is 18.6 Å². The van der Waals surface area contributed by atoms with Crippen LogP contribution in [-0.2, 0) is 16.1 Å². The lowest BCUT2D eigenvalue weighted by Gasteiger charge is -2.25. The number of nitrogens with one attached hydrogen (secondary N) is 1. The maximum Gasteiger partial charge on any atom is 0.242 e. The third-order valence-electron chi connectivity index (χ3n) is 5.04. The molecule has 0 spiro atoms. The van der Waals surface area contributed by atoms with E-state index in [2.05, 4.69) is 24.1 Å². The Bertz CT molecular complexity index is 660. The van der Waals surface area contributed by atoms with Crippen molar-refractivity contribution in [2.24, 2.45) is 0 Å². The van der Waals surface area contributed by atoms with Crippen LogP contribution in [0.3, 0.4) is 0 Å². The molecule has 0 aliphatic carbocycles. The van der Waals surface area contributed by atoms with Crippen molar-refractivity contribution >= 4 is 11.8 Å². The van der Waals surface area contributed by atoms with Crippen molar-refractivity contribution in [2.45, 2.75) is 39.3 Å². The van der Waals surface area contributed by atoms with Crippen LogP contribution in [0.15, 0.2) is 18.2 Å². The smallest absolute Gasteiger partial charge is 0.242 e. The van der Waals surface area contributed by atoms with Gasteiger partial charge >= 0.3 is 0 Å². The van der Waals surface area contributed by atoms with Gasteiger partial charge in [-0.3, -0.25) is 9.59 Å². The number of likely N-dealkylation sites (tertiary alicyclic amines) is 1. The SMILES string of the molecule is CCN(CC)CCNC(=O)C1CCC(=O)N1Cc1ccc2c(c1)OCO2. The number of fused-ring (bicyclic) bond motifs is 1. The third kappa shape index (κ3) is 4.09. The van der Waals surface area contributed by atoms with Gasteiger partial charge in [0.05, 0.1) is 0 Å². The van der Waals surface area contributed by atoms with Crippen LogP contribution < -0.4 is 14.8 Å². The highest BCUT2D eigenvalue weighted by Gasteiger charge is 2.36. The molecule has 26 heavy (non-hydrogen) atoms. The van der Waals surface area contributed by atoms with E-state index < -0.39 is 6.04 Å². The highest BCUT2D eigenvalue weighted by Crippen LogP contribution is 2.33. The van der Waals surface area contributed by atoms with E-state index in [0.29, 0.717) is 37.4 Å². The molecule has 1 N–H and O–H groups in total. The molecule has 7 heteroatoms. The number of rotatable bonds is 8. The molecule has 0 aromatic heterocycles. The number of hydrogen-bond acceptors (Lipinski definition) is 5. The molecule has 1 aromatic carbocycles. The van der Waals surface area contributed by atoms with Gasteiger partial charge in [-0.15, -0.1) is 0 Å². The summed E-state index contributed by atoms with van der Waals surface area (Å²) in [6, 6.07) is 5.24. The van der Waals surface area contributed by atoms with Crippen LogP contribution in [0.1, 0.15) is 32.3 Å². The summed E-state index contributed by atoms with van der Waals surface area (Å²) in [6.07, 6.45) is 0.985. The first-order valence-corrected chi connectivity index (χ1v) is 9.30. The minimum absolute atomic E-state index is 0.0200. The molecule has 1 aromatic rings. The van der Waals surface area contributed by atoms with Crippen LogP contribution >= 0.6 is 0 Å². The first kappa shape index (κ1) is 18.5. The fourth-order valence-corrected chi connectivity index (χ4v) is 3.44. The standard InChI is InChI=1S/C19H27N3O4/c1-3-21(4-2)10-9-20-19(24)15-6-8-18(23)22(15)12-14-5-7-16-17(11-14)26-13-25-16/h5,7,11,15H,3-4,6,8-10,12-13H2,1-2H3,(H,20,24). The molecule has 2 heterocycles. The second kappa shape index (κ2) is 8.40. The van der Waals surface area contributed by atoms with E-state index in [4.69, 9.17) is 9.47 Å². The molecule has 1 fully saturated rings. The van der Waals surface area contributed by atoms with Gasteiger partial charge < -0.3 is 24.6 Å². The van der Waals surface area contributed by atoms with E-state index in [1.807, 2.05) is 18.2 Å². The molecule has 2 aliphatic rings. The molecule has 2 amide bonds. The molecule has 0 radical (unpaired) electrons. The summed E-state index contributed by atoms with van der Waals surface area (Å²) in [7, 11) is 0. The predicted molar refractivity (Wildman–Crippen MR) is 96.9 cm³/mol. The maximum absolute atomic E-state index is 12.6. The van der Waals surface area contributed by atoms with Gasteiger partial charge in [0, 0.05) is 26.1 Å². The van der Waals surface area contributed by atoms with Crippen LogP contribution in [0, 0.1) is 0 Å². The van der Waals surface area contributed by atoms with Crippen molar-refractivity contribution in [3.8, 4) is 11.5 Å². The van der Waals surface area contributed by atoms with Crippen LogP contribution in [0.5, 0.6) is 11.5 Å². The van der Waals surface area contributed by atoms with Gasteiger partial charge in [0.15, 0.2) is 11.5 Å². The zero-order chi connectivity index (χ0) is 18.5. The Kier molecular flexibility index (Phi) is 5.98. The van der Waals surface area contributed by atoms with Gasteiger partial charge in [-0.25, -0.2) is 0 Å². The zero-order valence-corrected chi connectivity index (χ0v) is 15.5. The summed E-state index contributed by atoms with van der Waals surface area (Å²) in [5, 5.41) is 2.98. The summed E-state index contributed by atoms with van der Waals surface area (Å²) >= 11 is 0. The van der Waals surface area contributed by atoms with Gasteiger partial charge in [-0.2, -0.15) is 0 Å². The van der Waals surface area contributed by atoms with E-state index in [9.17, 15) is 9.59 Å². The highest BCUT2D eigenvalue weighted by atomic mass is 16.7. The van der Waals surface area contributed by atoms with Gasteiger partial charge in [-0.1, -0.05) is 19.9 Å². The second-order valence-electron chi connectivity index (χ2n) is 6.58. The Labute approximate surface area is 154 Å². The number of amides is 2. The molecule has 2 aliphatic heterocycles. The zero-order valence-electron chi connectivity index (χ0n) is 15.5. The number of ether oxygens (including phenoxy) is 2. The molecule has 7 nitrogen and oxygen atoms in total. The van der Waals surface area contributed by atoms with Gasteiger partial charge in [0.2, 0.25) is 18.6 Å². The molecule has 1 saturated heterocycles. The first-order chi connectivity index (χ1) is 12.6. The average Bonchev–Trinajstić information content (AvgIpc) is 3.25. The second-order valence-corrected chi connectivity index (χ2v) is 6.58. The van der Waals surface area contributed by atoms with E-state index in [0.717, 1.165) is 25.2 Å². The Balaban J connectivity index is 1.58. The number of carbonyl (C=O) groups is 2. The quantitative estimate of drug-likeness (QED) is 0.757. The van der Waals surface area contributed by atoms with Crippen LogP contribution in [0.2, 0.25) is 0 Å². The highest BCUT2D eigenvalue weighted by molar-refractivity contribution is 5.90. The molecular formula is C19H27N3O4. The van der Waals surface area contributed by atoms with E-state index in [1.165, 1.54) is 0 Å². The topological polar surface area (TPSA) is 71.1 Å². The maximum atomic E-state index is 12.6. The molecule has 1 unspecified atom stereocenters. The lowest BCUT2D eigenvalue weighted by atomic mass is 10.1. The van der Waals surface area contributed by atoms with Crippen molar-refractivity contribution in [3.05, 3.63) is 23.8 Å². The first-order valence-electron chi connectivity index (χ1n) is 9.30. The summed E-state index contributed by atoms with van der Waals surface area (Å²) < 4.78 is 10.7. The Hall–Kier alpha value is -2.28. The predicted octanol–water partition coefficient (Wildman–Crippen LogP) is 1.36. The Morgan fingerprint density at radius 3 is 2.81 bits per heavy atom. The van der Waals surface area contributed by atoms with Crippen molar-refractivity contribution < 1.29 is 19.1 Å². The molecule has 3 rings (SSSR count). The van der Waals surface area contributed by atoms with Gasteiger partial charge in [0.25, 0.3) is 0 Å². The van der Waals surface area contributed by atoms with Gasteiger partial charge in [0.1, 0.15) is 6.04 Å². The summed E-state index contributed by atoms with van der Waals surface area (Å²) in [5.74, 6) is 1.36. The van der Waals surface area contributed by atoms with Crippen molar-refractivity contribution in [3.63, 3.8) is 0 Å². The molecule has 142 valence electrons. The Morgan fingerprint density at radius 2 is 2.04 bits per heavy atom. The monoisotopic (exact) mass is 361 g/mol. The largest absolute Gasteiger partial charge is 0.454 e. The summed E-state index contributed by atoms with van der Waals surface area (Å²) in [6.45, 7) is 8.18. The summed E-state index contributed by atoms with van der Waals surface area (Å²) in [4.78, 5) is 28.8. The van der Waals surface area contributed by atoms with Crippen molar-refractivity contribution in [1.82, 2.24) is 15.1 Å². The fourth-order valence-electron chi connectivity index (χ4n) is 3.44. The van der Waals surface area contributed by atoms with Crippen molar-refractivity contribution in [2.75, 3.05) is 33.0 Å². The van der Waals surface area contributed by atoms with Crippen LogP contribution in [0.4, 0.5) is 0 Å². The number of likely N-dealkylation sites (N-methyl/N-ethyl adjacent to an activating group) is 1. The van der Waals surface area contributed by atoms with Crippen LogP contribution in [-0.4, -0.2) is 60.6 Å². The van der Waals surface area contributed by atoms with Crippen LogP contribution in [0.25, 0.3) is 0 Å². The van der Waals surface area contributed by atoms with E-state index >= 15 is 0 Å². The Morgan fingerprint density at radius 1 is 1.27 bits per heavy atom. The normalized spacial score (nSPS) is 18.7. The van der Waals surface area contributed by atoms with E-state index in [1.54, 1.807) is 4.90 Å². The lowest BCUT2D eigenvalue weighted by molar-refractivity contribution is -0.135. The third-order valence-corrected chi connectivity index (χ3v) is 5.04. The minimum Gasteiger partial charge on any atom is -0.454 e. The number of carbonyl (C=O) groups excluding carboxylic acids is 2.